The van der Waals surface area contributed by atoms with E-state index in [1.807, 2.05) is 55.7 Å². The predicted octanol–water partition coefficient (Wildman–Crippen LogP) is 3.08. The van der Waals surface area contributed by atoms with E-state index in [1.54, 1.807) is 0 Å². The van der Waals surface area contributed by atoms with E-state index in [0.717, 1.165) is 43.2 Å². The smallest absolute Gasteiger partial charge is 0.213 e. The second-order valence-electron chi connectivity index (χ2n) is 7.70. The van der Waals surface area contributed by atoms with E-state index in [-0.39, 0.29) is 0 Å². The number of piperidine rings is 1. The summed E-state index contributed by atoms with van der Waals surface area (Å²) in [6.45, 7) is 7.35. The molecule has 7 heteroatoms. The van der Waals surface area contributed by atoms with Crippen molar-refractivity contribution in [1.29, 1.82) is 0 Å². The fourth-order valence-electron chi connectivity index (χ4n) is 3.61. The first-order chi connectivity index (χ1) is 15.3. The molecular weight excluding hydrogens is 390 g/mol. The van der Waals surface area contributed by atoms with Gasteiger partial charge in [0, 0.05) is 45.0 Å². The number of hydrogen-bond acceptors (Lipinski definition) is 5. The van der Waals surface area contributed by atoms with Crippen LogP contribution in [0, 0.1) is 0 Å². The minimum Gasteiger partial charge on any atom is -0.490 e. The van der Waals surface area contributed by atoms with Crippen molar-refractivity contribution in [2.45, 2.75) is 38.8 Å². The van der Waals surface area contributed by atoms with E-state index < -0.39 is 0 Å². The third-order valence-electron chi connectivity index (χ3n) is 5.29. The molecule has 0 atom stereocenters. The summed E-state index contributed by atoms with van der Waals surface area (Å²) in [4.78, 5) is 11.3. The Bertz CT molecular complexity index is 774. The third-order valence-corrected chi connectivity index (χ3v) is 5.29. The van der Waals surface area contributed by atoms with Crippen molar-refractivity contribution in [2.75, 3.05) is 39.9 Å². The van der Waals surface area contributed by atoms with Crippen molar-refractivity contribution in [3.63, 3.8) is 0 Å². The van der Waals surface area contributed by atoms with Gasteiger partial charge in [-0.3, -0.25) is 4.99 Å². The Morgan fingerprint density at radius 2 is 1.87 bits per heavy atom. The Hall–Kier alpha value is -2.80. The lowest BCUT2D eigenvalue weighted by Gasteiger charge is -2.32. The lowest BCUT2D eigenvalue weighted by Crippen LogP contribution is -2.48. The van der Waals surface area contributed by atoms with Crippen molar-refractivity contribution in [3.8, 4) is 11.6 Å². The van der Waals surface area contributed by atoms with Crippen LogP contribution in [0.4, 0.5) is 0 Å². The Morgan fingerprint density at radius 3 is 2.55 bits per heavy atom. The van der Waals surface area contributed by atoms with Crippen molar-refractivity contribution in [1.82, 2.24) is 20.5 Å². The lowest BCUT2D eigenvalue weighted by atomic mass is 10.1. The third kappa shape index (κ3) is 8.09. The number of guanidine groups is 1. The SMILES string of the molecule is CCCN1CCC(NC(=NC)NCc2ccc(OCCOc3ccccc3)nc2)CC1. The number of benzene rings is 1. The number of hydrogen-bond donors (Lipinski definition) is 2. The van der Waals surface area contributed by atoms with Crippen LogP contribution in [0.25, 0.3) is 0 Å². The van der Waals surface area contributed by atoms with Crippen LogP contribution in [-0.2, 0) is 6.54 Å². The highest BCUT2D eigenvalue weighted by molar-refractivity contribution is 5.79. The van der Waals surface area contributed by atoms with Crippen LogP contribution in [0.1, 0.15) is 31.7 Å². The van der Waals surface area contributed by atoms with E-state index in [9.17, 15) is 0 Å². The average molecular weight is 426 g/mol. The minimum atomic E-state index is 0.452. The molecule has 1 aromatic carbocycles. The summed E-state index contributed by atoms with van der Waals surface area (Å²) in [5.74, 6) is 2.28. The Morgan fingerprint density at radius 1 is 1.10 bits per heavy atom. The van der Waals surface area contributed by atoms with Gasteiger partial charge in [0.1, 0.15) is 19.0 Å². The van der Waals surface area contributed by atoms with Crippen LogP contribution in [-0.4, -0.2) is 61.8 Å². The fourth-order valence-corrected chi connectivity index (χ4v) is 3.61. The summed E-state index contributed by atoms with van der Waals surface area (Å²) in [7, 11) is 1.81. The molecule has 0 spiro atoms. The number of pyridine rings is 1. The van der Waals surface area contributed by atoms with Crippen LogP contribution < -0.4 is 20.1 Å². The van der Waals surface area contributed by atoms with Gasteiger partial charge in [-0.25, -0.2) is 4.98 Å². The summed E-state index contributed by atoms with van der Waals surface area (Å²) in [5, 5.41) is 6.93. The molecule has 3 rings (SSSR count). The molecule has 168 valence electrons. The van der Waals surface area contributed by atoms with Crippen molar-refractivity contribution < 1.29 is 9.47 Å². The van der Waals surface area contributed by atoms with Crippen LogP contribution in [0.5, 0.6) is 11.6 Å². The van der Waals surface area contributed by atoms with E-state index in [1.165, 1.54) is 13.0 Å². The van der Waals surface area contributed by atoms with Crippen molar-refractivity contribution in [3.05, 3.63) is 54.2 Å². The molecule has 0 unspecified atom stereocenters. The first-order valence-corrected chi connectivity index (χ1v) is 11.2. The maximum absolute atomic E-state index is 5.66. The number of rotatable bonds is 10. The van der Waals surface area contributed by atoms with Gasteiger partial charge in [0.05, 0.1) is 0 Å². The number of likely N-dealkylation sites (tertiary alicyclic amines) is 1. The summed E-state index contributed by atoms with van der Waals surface area (Å²) < 4.78 is 11.3. The zero-order valence-electron chi connectivity index (χ0n) is 18.7. The van der Waals surface area contributed by atoms with Crippen LogP contribution in [0.3, 0.4) is 0 Å². The summed E-state index contributed by atoms with van der Waals surface area (Å²) in [6.07, 6.45) is 5.36. The Kier molecular flexibility index (Phi) is 9.44. The Balaban J connectivity index is 1.34. The molecule has 1 aliphatic heterocycles. The average Bonchev–Trinajstić information content (AvgIpc) is 2.82. The first-order valence-electron chi connectivity index (χ1n) is 11.2. The molecule has 2 aromatic rings. The summed E-state index contributed by atoms with van der Waals surface area (Å²) >= 11 is 0. The molecule has 1 aromatic heterocycles. The van der Waals surface area contributed by atoms with E-state index in [4.69, 9.17) is 9.47 Å². The highest BCUT2D eigenvalue weighted by Crippen LogP contribution is 2.11. The first kappa shape index (κ1) is 22.9. The largest absolute Gasteiger partial charge is 0.490 e. The highest BCUT2D eigenvalue weighted by atomic mass is 16.5. The number of nitrogens with zero attached hydrogens (tertiary/aromatic N) is 3. The van der Waals surface area contributed by atoms with Gasteiger partial charge >= 0.3 is 0 Å². The van der Waals surface area contributed by atoms with E-state index >= 15 is 0 Å². The van der Waals surface area contributed by atoms with Gasteiger partial charge in [0.25, 0.3) is 0 Å². The van der Waals surface area contributed by atoms with Gasteiger partial charge in [-0.2, -0.15) is 0 Å². The van der Waals surface area contributed by atoms with Crippen LogP contribution in [0.15, 0.2) is 53.7 Å². The molecule has 1 fully saturated rings. The normalized spacial score (nSPS) is 15.5. The zero-order chi connectivity index (χ0) is 21.7. The maximum Gasteiger partial charge on any atom is 0.213 e. The van der Waals surface area contributed by atoms with Crippen molar-refractivity contribution >= 4 is 5.96 Å². The zero-order valence-corrected chi connectivity index (χ0v) is 18.7. The van der Waals surface area contributed by atoms with Gasteiger partial charge < -0.3 is 25.0 Å². The van der Waals surface area contributed by atoms with Gasteiger partial charge in [0.15, 0.2) is 5.96 Å². The molecule has 7 nitrogen and oxygen atoms in total. The second kappa shape index (κ2) is 12.8. The molecule has 2 N–H and O–H groups in total. The monoisotopic (exact) mass is 425 g/mol. The molecule has 1 saturated heterocycles. The van der Waals surface area contributed by atoms with Gasteiger partial charge in [-0.05, 0) is 43.5 Å². The Labute approximate surface area is 185 Å². The number of ether oxygens (including phenoxy) is 2. The quantitative estimate of drug-likeness (QED) is 0.346. The number of aromatic nitrogens is 1. The molecular formula is C24H35N5O2. The van der Waals surface area contributed by atoms with Crippen LogP contribution >= 0.6 is 0 Å². The summed E-state index contributed by atoms with van der Waals surface area (Å²) in [5.41, 5.74) is 1.08. The molecule has 0 aliphatic carbocycles. The molecule has 0 saturated carbocycles. The lowest BCUT2D eigenvalue weighted by molar-refractivity contribution is 0.206. The summed E-state index contributed by atoms with van der Waals surface area (Å²) in [6, 6.07) is 14.1. The molecule has 31 heavy (non-hydrogen) atoms. The topological polar surface area (TPSA) is 71.0 Å². The molecule has 0 bridgehead atoms. The maximum atomic E-state index is 5.66. The number of aliphatic imine (C=N–C) groups is 1. The van der Waals surface area contributed by atoms with E-state index in [0.29, 0.717) is 31.7 Å². The standard InChI is InChI=1S/C24H35N5O2/c1-3-13-29-14-11-21(12-15-29)28-24(25-2)27-19-20-9-10-23(26-18-20)31-17-16-30-22-7-5-4-6-8-22/h4-10,18,21H,3,11-17,19H2,1-2H3,(H2,25,27,28). The fraction of sp³-hybridized carbons (Fsp3) is 0.500. The molecule has 0 radical (unpaired) electrons. The van der Waals surface area contributed by atoms with Crippen molar-refractivity contribution in [2.24, 2.45) is 4.99 Å². The predicted molar refractivity (Wildman–Crippen MR) is 125 cm³/mol. The van der Waals surface area contributed by atoms with E-state index in [2.05, 4.69) is 32.4 Å². The highest BCUT2D eigenvalue weighted by Gasteiger charge is 2.19. The minimum absolute atomic E-state index is 0.452. The molecule has 1 aliphatic rings. The van der Waals surface area contributed by atoms with Gasteiger partial charge in [0.2, 0.25) is 5.88 Å². The number of nitrogens with one attached hydrogen (secondary N) is 2. The number of para-hydroxylation sites is 1. The van der Waals surface area contributed by atoms with Crippen LogP contribution in [0.2, 0.25) is 0 Å². The second-order valence-corrected chi connectivity index (χ2v) is 7.70. The molecule has 2 heterocycles. The van der Waals surface area contributed by atoms with Gasteiger partial charge in [-0.1, -0.05) is 31.2 Å². The molecule has 0 amide bonds. The van der Waals surface area contributed by atoms with Gasteiger partial charge in [-0.15, -0.1) is 0 Å².